The van der Waals surface area contributed by atoms with Gasteiger partial charge in [-0.3, -0.25) is 24.8 Å². The fourth-order valence-corrected chi connectivity index (χ4v) is 4.56. The average Bonchev–Trinajstić information content (AvgIpc) is 3.28. The lowest BCUT2D eigenvalue weighted by Crippen LogP contribution is -2.49. The molecule has 1 unspecified atom stereocenters. The summed E-state index contributed by atoms with van der Waals surface area (Å²) in [7, 11) is 0. The second kappa shape index (κ2) is 12.7. The molecule has 2 aromatic carbocycles. The van der Waals surface area contributed by atoms with Crippen LogP contribution in [-0.4, -0.2) is 92.1 Å². The van der Waals surface area contributed by atoms with Crippen molar-refractivity contribution in [1.82, 2.24) is 15.1 Å². The highest BCUT2D eigenvalue weighted by atomic mass is 16.6. The fourth-order valence-electron chi connectivity index (χ4n) is 4.56. The third-order valence-electron chi connectivity index (χ3n) is 6.76. The Morgan fingerprint density at radius 2 is 1.63 bits per heavy atom. The van der Waals surface area contributed by atoms with Crippen molar-refractivity contribution >= 4 is 29.5 Å². The van der Waals surface area contributed by atoms with Crippen molar-refractivity contribution in [3.8, 4) is 0 Å². The number of piperazine rings is 1. The van der Waals surface area contributed by atoms with Crippen molar-refractivity contribution in [3.63, 3.8) is 0 Å². The highest BCUT2D eigenvalue weighted by Crippen LogP contribution is 2.23. The van der Waals surface area contributed by atoms with Gasteiger partial charge < -0.3 is 19.7 Å². The zero-order valence-electron chi connectivity index (χ0n) is 21.9. The van der Waals surface area contributed by atoms with Gasteiger partial charge in [-0.2, -0.15) is 0 Å². The number of hydrogen-bond acceptors (Lipinski definition) is 8. The number of amides is 2. The molecular formula is C28H35N5O5. The van der Waals surface area contributed by atoms with Crippen LogP contribution in [0, 0.1) is 12.3 Å². The monoisotopic (exact) mass is 521 g/mol. The maximum atomic E-state index is 12.6. The molecule has 4 rings (SSSR count). The molecule has 0 aliphatic carbocycles. The first kappa shape index (κ1) is 27.3. The van der Waals surface area contributed by atoms with Crippen LogP contribution in [0.4, 0.5) is 10.5 Å². The van der Waals surface area contributed by atoms with Gasteiger partial charge in [0.05, 0.1) is 19.6 Å². The minimum Gasteiger partial charge on any atom is -0.466 e. The van der Waals surface area contributed by atoms with Crippen LogP contribution in [-0.2, 0) is 14.3 Å². The van der Waals surface area contributed by atoms with Gasteiger partial charge in [0.25, 0.3) is 5.91 Å². The largest absolute Gasteiger partial charge is 0.466 e. The maximum Gasteiger partial charge on any atom is 0.414 e. The van der Waals surface area contributed by atoms with Crippen molar-refractivity contribution < 1.29 is 23.9 Å². The number of esters is 1. The predicted molar refractivity (Wildman–Crippen MR) is 144 cm³/mol. The Kier molecular flexibility index (Phi) is 9.09. The van der Waals surface area contributed by atoms with Crippen LogP contribution >= 0.6 is 0 Å². The van der Waals surface area contributed by atoms with Gasteiger partial charge in [-0.1, -0.05) is 17.7 Å². The summed E-state index contributed by atoms with van der Waals surface area (Å²) in [5.74, 6) is -0.514. The van der Waals surface area contributed by atoms with Crippen LogP contribution in [0.25, 0.3) is 0 Å². The number of carbonyl (C=O) groups is 3. The van der Waals surface area contributed by atoms with Crippen molar-refractivity contribution in [3.05, 3.63) is 65.2 Å². The quantitative estimate of drug-likeness (QED) is 0.296. The molecule has 38 heavy (non-hydrogen) atoms. The molecule has 2 amide bonds. The zero-order valence-corrected chi connectivity index (χ0v) is 21.9. The summed E-state index contributed by atoms with van der Waals surface area (Å²) in [6, 6.07) is 14.1. The number of rotatable bonds is 9. The molecule has 2 aliphatic heterocycles. The van der Waals surface area contributed by atoms with Crippen molar-refractivity contribution in [2.24, 2.45) is 0 Å². The summed E-state index contributed by atoms with van der Waals surface area (Å²) >= 11 is 0. The number of amidine groups is 1. The van der Waals surface area contributed by atoms with Crippen LogP contribution in [0.2, 0.25) is 0 Å². The molecule has 2 heterocycles. The second-order valence-corrected chi connectivity index (χ2v) is 9.56. The standard InChI is InChI=1S/C28H35N5O5/c1-3-37-25(34)12-13-31-14-16-32(17-15-31)18-24-19-33(28(36)38-24)23-10-8-21(9-11-23)26(29)30-27(35)22-6-4-20(2)5-7-22/h4-11,24H,3,12-19H2,1-2H3,(H2,29,30,35). The SMILES string of the molecule is CCOC(=O)CCN1CCN(CC2CN(c3ccc(C(=N)NC(=O)c4ccc(C)cc4)cc3)C(=O)O2)CC1. The summed E-state index contributed by atoms with van der Waals surface area (Å²) in [5.41, 5.74) is 2.77. The van der Waals surface area contributed by atoms with Crippen molar-refractivity contribution in [1.29, 1.82) is 5.41 Å². The molecule has 0 spiro atoms. The van der Waals surface area contributed by atoms with Gasteiger partial charge >= 0.3 is 12.1 Å². The second-order valence-electron chi connectivity index (χ2n) is 9.56. The summed E-state index contributed by atoms with van der Waals surface area (Å²) in [4.78, 5) is 42.7. The first-order chi connectivity index (χ1) is 18.3. The number of hydrogen-bond donors (Lipinski definition) is 2. The average molecular weight is 522 g/mol. The number of benzene rings is 2. The van der Waals surface area contributed by atoms with E-state index in [0.29, 0.717) is 49.5 Å². The molecule has 202 valence electrons. The van der Waals surface area contributed by atoms with Gasteiger partial charge in [0, 0.05) is 56.1 Å². The number of nitrogens with one attached hydrogen (secondary N) is 2. The van der Waals surface area contributed by atoms with Crippen LogP contribution in [0.1, 0.15) is 34.8 Å². The highest BCUT2D eigenvalue weighted by molar-refractivity contribution is 6.11. The van der Waals surface area contributed by atoms with E-state index in [1.807, 2.05) is 26.0 Å². The normalized spacial score (nSPS) is 18.2. The molecule has 10 heteroatoms. The molecule has 2 N–H and O–H groups in total. The zero-order chi connectivity index (χ0) is 27.1. The number of ether oxygens (including phenoxy) is 2. The summed E-state index contributed by atoms with van der Waals surface area (Å²) in [6.07, 6.45) is -0.223. The Balaban J connectivity index is 1.24. The van der Waals surface area contributed by atoms with E-state index in [0.717, 1.165) is 31.7 Å². The van der Waals surface area contributed by atoms with Crippen LogP contribution < -0.4 is 10.2 Å². The Bertz CT molecular complexity index is 1140. The van der Waals surface area contributed by atoms with E-state index in [2.05, 4.69) is 15.1 Å². The summed E-state index contributed by atoms with van der Waals surface area (Å²) in [5, 5.41) is 10.9. The molecular weight excluding hydrogens is 486 g/mol. The van der Waals surface area contributed by atoms with E-state index < -0.39 is 6.09 Å². The van der Waals surface area contributed by atoms with E-state index >= 15 is 0 Å². The lowest BCUT2D eigenvalue weighted by molar-refractivity contribution is -0.143. The predicted octanol–water partition coefficient (Wildman–Crippen LogP) is 2.65. The van der Waals surface area contributed by atoms with E-state index in [9.17, 15) is 14.4 Å². The smallest absolute Gasteiger partial charge is 0.414 e. The molecule has 0 saturated carbocycles. The van der Waals surface area contributed by atoms with E-state index in [1.54, 1.807) is 41.3 Å². The van der Waals surface area contributed by atoms with Gasteiger partial charge in [0.15, 0.2) is 0 Å². The lowest BCUT2D eigenvalue weighted by atomic mass is 10.1. The lowest BCUT2D eigenvalue weighted by Gasteiger charge is -2.35. The topological polar surface area (TPSA) is 115 Å². The molecule has 2 saturated heterocycles. The third kappa shape index (κ3) is 7.17. The Labute approximate surface area is 223 Å². The molecule has 1 atom stereocenters. The van der Waals surface area contributed by atoms with Crippen LogP contribution in [0.3, 0.4) is 0 Å². The van der Waals surface area contributed by atoms with E-state index in [-0.39, 0.29) is 23.8 Å². The van der Waals surface area contributed by atoms with Crippen molar-refractivity contribution in [2.75, 3.05) is 57.3 Å². The molecule has 0 aromatic heterocycles. The number of anilines is 1. The highest BCUT2D eigenvalue weighted by Gasteiger charge is 2.34. The first-order valence-electron chi connectivity index (χ1n) is 13.0. The molecule has 2 fully saturated rings. The number of cyclic esters (lactones) is 1. The van der Waals surface area contributed by atoms with Gasteiger partial charge in [-0.25, -0.2) is 4.79 Å². The first-order valence-corrected chi connectivity index (χ1v) is 13.0. The Hall–Kier alpha value is -3.76. The van der Waals surface area contributed by atoms with Gasteiger partial charge in [0.2, 0.25) is 0 Å². The Morgan fingerprint density at radius 1 is 1.00 bits per heavy atom. The molecule has 0 bridgehead atoms. The minimum atomic E-state index is -0.390. The van der Waals surface area contributed by atoms with Gasteiger partial charge in [-0.15, -0.1) is 0 Å². The third-order valence-corrected chi connectivity index (χ3v) is 6.76. The van der Waals surface area contributed by atoms with Gasteiger partial charge in [0.1, 0.15) is 11.9 Å². The van der Waals surface area contributed by atoms with Crippen LogP contribution in [0.5, 0.6) is 0 Å². The van der Waals surface area contributed by atoms with Crippen molar-refractivity contribution in [2.45, 2.75) is 26.4 Å². The fraction of sp³-hybridized carbons (Fsp3) is 0.429. The van der Waals surface area contributed by atoms with Crippen LogP contribution in [0.15, 0.2) is 48.5 Å². The molecule has 2 aliphatic rings. The molecule has 2 aromatic rings. The minimum absolute atomic E-state index is 0.00889. The number of aryl methyl sites for hydroxylation is 1. The number of carbonyl (C=O) groups excluding carboxylic acids is 3. The summed E-state index contributed by atoms with van der Waals surface area (Å²) in [6.45, 7) is 9.38. The van der Waals surface area contributed by atoms with E-state index in [4.69, 9.17) is 14.9 Å². The van der Waals surface area contributed by atoms with E-state index in [1.165, 1.54) is 0 Å². The summed E-state index contributed by atoms with van der Waals surface area (Å²) < 4.78 is 10.6. The Morgan fingerprint density at radius 3 is 2.29 bits per heavy atom. The number of nitrogens with zero attached hydrogens (tertiary/aromatic N) is 3. The molecule has 10 nitrogen and oxygen atoms in total. The van der Waals surface area contributed by atoms with Gasteiger partial charge in [-0.05, 0) is 50.2 Å². The molecule has 0 radical (unpaired) electrons. The maximum absolute atomic E-state index is 12.6.